The second-order valence-electron chi connectivity index (χ2n) is 4.68. The number of rotatable bonds is 8. The Balaban J connectivity index is 3.42. The monoisotopic (exact) mass is 198 g/mol. The van der Waals surface area contributed by atoms with Crippen LogP contribution in [0, 0.1) is 18.8 Å². The smallest absolute Gasteiger partial charge is 0.0190 e. The number of hydrogen-bond acceptors (Lipinski definition) is 1. The van der Waals surface area contributed by atoms with Gasteiger partial charge >= 0.3 is 0 Å². The molecule has 1 N–H and O–H groups in total. The van der Waals surface area contributed by atoms with E-state index < -0.39 is 0 Å². The first-order valence-corrected chi connectivity index (χ1v) is 6.12. The Morgan fingerprint density at radius 2 is 1.71 bits per heavy atom. The van der Waals surface area contributed by atoms with Crippen molar-refractivity contribution < 1.29 is 0 Å². The SMILES string of the molecule is [CH2-]C(CCCCC(CC)C(C)C)NC. The molecule has 0 radical (unpaired) electrons. The molecule has 0 aromatic carbocycles. The van der Waals surface area contributed by atoms with Crippen molar-refractivity contribution in [3.05, 3.63) is 6.92 Å². The van der Waals surface area contributed by atoms with E-state index in [4.69, 9.17) is 0 Å². The molecule has 0 bridgehead atoms. The lowest BCUT2D eigenvalue weighted by atomic mass is 9.88. The Bertz CT molecular complexity index is 120. The standard InChI is InChI=1S/C13H28N/c1-6-13(11(2)3)10-8-7-9-12(4)14-5/h11-14H,4,6-10H2,1-3,5H3/q-1. The molecule has 0 spiro atoms. The minimum Gasteiger partial charge on any atom is -0.346 e. The van der Waals surface area contributed by atoms with Crippen molar-refractivity contribution in [1.29, 1.82) is 0 Å². The molecule has 0 rings (SSSR count). The van der Waals surface area contributed by atoms with Gasteiger partial charge in [-0.2, -0.15) is 0 Å². The predicted molar refractivity (Wildman–Crippen MR) is 65.3 cm³/mol. The third-order valence-electron chi connectivity index (χ3n) is 3.25. The molecule has 0 aliphatic heterocycles. The van der Waals surface area contributed by atoms with Gasteiger partial charge < -0.3 is 12.2 Å². The summed E-state index contributed by atoms with van der Waals surface area (Å²) in [7, 11) is 1.99. The molecular formula is C13H28N-. The van der Waals surface area contributed by atoms with Crippen LogP contribution in [0.25, 0.3) is 0 Å². The molecule has 0 aromatic rings. The highest BCUT2D eigenvalue weighted by Gasteiger charge is 2.09. The lowest BCUT2D eigenvalue weighted by Gasteiger charge is -2.20. The quantitative estimate of drug-likeness (QED) is 0.464. The van der Waals surface area contributed by atoms with Crippen molar-refractivity contribution >= 4 is 0 Å². The number of unbranched alkanes of at least 4 members (excludes halogenated alkanes) is 1. The van der Waals surface area contributed by atoms with E-state index in [1.807, 2.05) is 7.05 Å². The van der Waals surface area contributed by atoms with Crippen LogP contribution in [-0.2, 0) is 0 Å². The number of nitrogens with one attached hydrogen (secondary N) is 1. The van der Waals surface area contributed by atoms with E-state index in [1.165, 1.54) is 32.1 Å². The molecule has 0 fully saturated rings. The summed E-state index contributed by atoms with van der Waals surface area (Å²) in [6, 6.07) is 0.439. The molecule has 0 aromatic heterocycles. The summed E-state index contributed by atoms with van der Waals surface area (Å²) in [4.78, 5) is 0. The summed E-state index contributed by atoms with van der Waals surface area (Å²) in [6.45, 7) is 11.0. The Labute approximate surface area is 90.7 Å². The van der Waals surface area contributed by atoms with Gasteiger partial charge in [0.25, 0.3) is 0 Å². The average Bonchev–Trinajstić information content (AvgIpc) is 2.16. The summed E-state index contributed by atoms with van der Waals surface area (Å²) in [5.74, 6) is 1.77. The summed E-state index contributed by atoms with van der Waals surface area (Å²) in [5, 5.41) is 3.18. The summed E-state index contributed by atoms with van der Waals surface area (Å²) in [6.07, 6.45) is 6.62. The van der Waals surface area contributed by atoms with E-state index in [1.54, 1.807) is 0 Å². The Hall–Kier alpha value is -0.0400. The molecule has 0 saturated carbocycles. The van der Waals surface area contributed by atoms with E-state index >= 15 is 0 Å². The maximum atomic E-state index is 4.02. The van der Waals surface area contributed by atoms with Gasteiger partial charge in [0.2, 0.25) is 0 Å². The molecule has 0 heterocycles. The zero-order chi connectivity index (χ0) is 11.0. The van der Waals surface area contributed by atoms with Gasteiger partial charge in [-0.15, -0.1) is 6.04 Å². The largest absolute Gasteiger partial charge is 0.346 e. The van der Waals surface area contributed by atoms with Gasteiger partial charge in [0, 0.05) is 0 Å². The molecule has 0 aliphatic rings. The minimum atomic E-state index is 0.439. The second kappa shape index (κ2) is 8.28. The van der Waals surface area contributed by atoms with Crippen molar-refractivity contribution in [3.8, 4) is 0 Å². The van der Waals surface area contributed by atoms with Crippen LogP contribution in [0.2, 0.25) is 0 Å². The Morgan fingerprint density at radius 3 is 2.14 bits per heavy atom. The average molecular weight is 198 g/mol. The molecule has 2 atom stereocenters. The molecule has 0 amide bonds. The van der Waals surface area contributed by atoms with Crippen LogP contribution in [-0.4, -0.2) is 13.1 Å². The van der Waals surface area contributed by atoms with Crippen molar-refractivity contribution in [2.24, 2.45) is 11.8 Å². The summed E-state index contributed by atoms with van der Waals surface area (Å²) >= 11 is 0. The van der Waals surface area contributed by atoms with Crippen LogP contribution in [0.5, 0.6) is 0 Å². The van der Waals surface area contributed by atoms with E-state index in [-0.39, 0.29) is 0 Å². The second-order valence-corrected chi connectivity index (χ2v) is 4.68. The minimum absolute atomic E-state index is 0.439. The van der Waals surface area contributed by atoms with Crippen LogP contribution in [0.3, 0.4) is 0 Å². The van der Waals surface area contributed by atoms with Gasteiger partial charge in [-0.05, 0) is 18.9 Å². The first-order chi connectivity index (χ1) is 6.61. The number of hydrogen-bond donors (Lipinski definition) is 1. The van der Waals surface area contributed by atoms with Crippen LogP contribution in [0.4, 0.5) is 0 Å². The first-order valence-electron chi connectivity index (χ1n) is 6.12. The summed E-state index contributed by atoms with van der Waals surface area (Å²) in [5.41, 5.74) is 0. The van der Waals surface area contributed by atoms with Crippen LogP contribution >= 0.6 is 0 Å². The molecule has 1 heteroatoms. The highest BCUT2D eigenvalue weighted by molar-refractivity contribution is 4.67. The van der Waals surface area contributed by atoms with E-state index in [0.29, 0.717) is 6.04 Å². The molecule has 2 unspecified atom stereocenters. The van der Waals surface area contributed by atoms with Gasteiger partial charge in [0.05, 0.1) is 0 Å². The van der Waals surface area contributed by atoms with Gasteiger partial charge in [0.15, 0.2) is 0 Å². The fraction of sp³-hybridized carbons (Fsp3) is 0.923. The zero-order valence-corrected chi connectivity index (χ0v) is 10.5. The molecule has 0 saturated heterocycles. The fourth-order valence-electron chi connectivity index (χ4n) is 1.95. The zero-order valence-electron chi connectivity index (χ0n) is 10.5. The van der Waals surface area contributed by atoms with Crippen molar-refractivity contribution in [1.82, 2.24) is 5.32 Å². The van der Waals surface area contributed by atoms with Gasteiger partial charge in [-0.25, -0.2) is 0 Å². The lowest BCUT2D eigenvalue weighted by Crippen LogP contribution is -2.21. The van der Waals surface area contributed by atoms with Gasteiger partial charge in [0.1, 0.15) is 0 Å². The van der Waals surface area contributed by atoms with Crippen LogP contribution < -0.4 is 5.32 Å². The topological polar surface area (TPSA) is 12.0 Å². The van der Waals surface area contributed by atoms with E-state index in [9.17, 15) is 0 Å². The van der Waals surface area contributed by atoms with Crippen LogP contribution in [0.1, 0.15) is 52.9 Å². The van der Waals surface area contributed by atoms with E-state index in [2.05, 4.69) is 33.0 Å². The van der Waals surface area contributed by atoms with Crippen molar-refractivity contribution in [2.75, 3.05) is 7.05 Å². The molecule has 14 heavy (non-hydrogen) atoms. The Kier molecular flexibility index (Phi) is 8.26. The van der Waals surface area contributed by atoms with Crippen molar-refractivity contribution in [3.63, 3.8) is 0 Å². The highest BCUT2D eigenvalue weighted by Crippen LogP contribution is 2.21. The normalized spacial score (nSPS) is 15.9. The third-order valence-corrected chi connectivity index (χ3v) is 3.25. The van der Waals surface area contributed by atoms with Crippen LogP contribution in [0.15, 0.2) is 0 Å². The van der Waals surface area contributed by atoms with E-state index in [0.717, 1.165) is 11.8 Å². The molecule has 86 valence electrons. The third kappa shape index (κ3) is 6.42. The molecule has 0 aliphatic carbocycles. The fourth-order valence-corrected chi connectivity index (χ4v) is 1.95. The molecule has 1 nitrogen and oxygen atoms in total. The van der Waals surface area contributed by atoms with Crippen molar-refractivity contribution in [2.45, 2.75) is 58.9 Å². The molecular weight excluding hydrogens is 170 g/mol. The highest BCUT2D eigenvalue weighted by atomic mass is 14.8. The van der Waals surface area contributed by atoms with Gasteiger partial charge in [-0.3, -0.25) is 0 Å². The first kappa shape index (κ1) is 14.0. The maximum absolute atomic E-state index is 4.02. The lowest BCUT2D eigenvalue weighted by molar-refractivity contribution is 0.334. The predicted octanol–water partition coefficient (Wildman–Crippen LogP) is 3.65. The summed E-state index contributed by atoms with van der Waals surface area (Å²) < 4.78 is 0. The van der Waals surface area contributed by atoms with Gasteiger partial charge in [-0.1, -0.05) is 52.9 Å². The maximum Gasteiger partial charge on any atom is -0.0190 e. The Morgan fingerprint density at radius 1 is 1.14 bits per heavy atom.